The first-order valence-electron chi connectivity index (χ1n) is 7.12. The molecule has 0 aromatic rings. The van der Waals surface area contributed by atoms with Crippen LogP contribution in [0.4, 0.5) is 0 Å². The van der Waals surface area contributed by atoms with Gasteiger partial charge in [-0.25, -0.2) is 0 Å². The van der Waals surface area contributed by atoms with Crippen LogP contribution < -0.4 is 5.32 Å². The van der Waals surface area contributed by atoms with Gasteiger partial charge in [0.15, 0.2) is 0 Å². The Bertz CT molecular complexity index is 368. The van der Waals surface area contributed by atoms with E-state index in [-0.39, 0.29) is 36.1 Å². The lowest BCUT2D eigenvalue weighted by atomic mass is 9.81. The minimum Gasteiger partial charge on any atom is -0.354 e. The molecule has 106 valence electrons. The van der Waals surface area contributed by atoms with Gasteiger partial charge in [0.2, 0.25) is 17.7 Å². The molecule has 1 saturated carbocycles. The Balaban J connectivity index is 1.95. The number of hydrogen-bond donors (Lipinski definition) is 1. The highest BCUT2D eigenvalue weighted by Gasteiger charge is 2.48. The molecular weight excluding hydrogens is 244 g/mol. The van der Waals surface area contributed by atoms with E-state index in [1.165, 1.54) is 0 Å². The smallest absolute Gasteiger partial charge is 0.240 e. The van der Waals surface area contributed by atoms with E-state index in [2.05, 4.69) is 5.32 Å². The average molecular weight is 266 g/mol. The molecule has 0 radical (unpaired) electrons. The van der Waals surface area contributed by atoms with E-state index in [9.17, 15) is 14.4 Å². The largest absolute Gasteiger partial charge is 0.354 e. The van der Waals surface area contributed by atoms with Crippen molar-refractivity contribution in [2.75, 3.05) is 13.1 Å². The van der Waals surface area contributed by atoms with Gasteiger partial charge in [-0.2, -0.15) is 0 Å². The first kappa shape index (κ1) is 14.0. The van der Waals surface area contributed by atoms with E-state index < -0.39 is 0 Å². The van der Waals surface area contributed by atoms with Gasteiger partial charge in [-0.05, 0) is 18.8 Å². The number of fused-ring (bicyclic) bond motifs is 1. The number of hydrogen-bond acceptors (Lipinski definition) is 3. The molecule has 5 nitrogen and oxygen atoms in total. The van der Waals surface area contributed by atoms with E-state index in [1.807, 2.05) is 13.8 Å². The van der Waals surface area contributed by atoms with Crippen LogP contribution in [0.25, 0.3) is 0 Å². The predicted molar refractivity (Wildman–Crippen MR) is 70.0 cm³/mol. The van der Waals surface area contributed by atoms with E-state index in [0.717, 1.165) is 30.6 Å². The van der Waals surface area contributed by atoms with E-state index in [1.54, 1.807) is 0 Å². The van der Waals surface area contributed by atoms with Crippen LogP contribution in [-0.4, -0.2) is 35.7 Å². The van der Waals surface area contributed by atoms with Crippen molar-refractivity contribution in [2.45, 2.75) is 39.5 Å². The molecule has 0 unspecified atom stereocenters. The molecule has 0 spiro atoms. The van der Waals surface area contributed by atoms with Crippen molar-refractivity contribution in [3.63, 3.8) is 0 Å². The fraction of sp³-hybridized carbons (Fsp3) is 0.786. The Kier molecular flexibility index (Phi) is 4.22. The minimum absolute atomic E-state index is 0.114. The fourth-order valence-electron chi connectivity index (χ4n) is 2.90. The quantitative estimate of drug-likeness (QED) is 0.770. The fourth-order valence-corrected chi connectivity index (χ4v) is 2.90. The van der Waals surface area contributed by atoms with Crippen LogP contribution in [0.1, 0.15) is 39.5 Å². The Morgan fingerprint density at radius 1 is 1.21 bits per heavy atom. The van der Waals surface area contributed by atoms with Gasteiger partial charge in [-0.15, -0.1) is 0 Å². The molecule has 0 aromatic heterocycles. The van der Waals surface area contributed by atoms with Crippen LogP contribution in [-0.2, 0) is 14.4 Å². The molecule has 1 saturated heterocycles. The molecule has 3 amide bonds. The molecule has 2 atom stereocenters. The third-order valence-corrected chi connectivity index (χ3v) is 3.94. The highest BCUT2D eigenvalue weighted by atomic mass is 16.2. The van der Waals surface area contributed by atoms with E-state index in [4.69, 9.17) is 0 Å². The summed E-state index contributed by atoms with van der Waals surface area (Å²) in [5.74, 6) is -0.507. The molecule has 1 heterocycles. The zero-order valence-electron chi connectivity index (χ0n) is 11.6. The first-order chi connectivity index (χ1) is 9.00. The van der Waals surface area contributed by atoms with Crippen LogP contribution in [0.3, 0.4) is 0 Å². The van der Waals surface area contributed by atoms with Crippen molar-refractivity contribution in [1.29, 1.82) is 0 Å². The zero-order valence-corrected chi connectivity index (χ0v) is 11.6. The summed E-state index contributed by atoms with van der Waals surface area (Å²) < 4.78 is 0. The second-order valence-corrected chi connectivity index (χ2v) is 5.96. The molecule has 1 N–H and O–H groups in total. The lowest BCUT2D eigenvalue weighted by Gasteiger charge is -2.19. The van der Waals surface area contributed by atoms with E-state index >= 15 is 0 Å². The van der Waals surface area contributed by atoms with Crippen LogP contribution in [0.15, 0.2) is 0 Å². The summed E-state index contributed by atoms with van der Waals surface area (Å²) in [5, 5.41) is 2.75. The van der Waals surface area contributed by atoms with Crippen molar-refractivity contribution >= 4 is 17.7 Å². The Labute approximate surface area is 113 Å². The maximum absolute atomic E-state index is 12.1. The zero-order chi connectivity index (χ0) is 14.0. The Morgan fingerprint density at radius 2 is 1.74 bits per heavy atom. The van der Waals surface area contributed by atoms with E-state index in [0.29, 0.717) is 12.5 Å². The van der Waals surface area contributed by atoms with Crippen LogP contribution in [0, 0.1) is 17.8 Å². The SMILES string of the molecule is CC(C)CNC(=O)CN1C(=O)[C@@H]2CCCC[C@H]2C1=O. The number of carbonyl (C=O) groups is 3. The van der Waals surface area contributed by atoms with Crippen molar-refractivity contribution in [3.05, 3.63) is 0 Å². The van der Waals surface area contributed by atoms with Gasteiger partial charge in [0.05, 0.1) is 11.8 Å². The van der Waals surface area contributed by atoms with Gasteiger partial charge in [0.25, 0.3) is 0 Å². The molecule has 0 bridgehead atoms. The lowest BCUT2D eigenvalue weighted by molar-refractivity contribution is -0.143. The molecular formula is C14H22N2O3. The van der Waals surface area contributed by atoms with Crippen molar-refractivity contribution < 1.29 is 14.4 Å². The molecule has 2 aliphatic rings. The molecule has 5 heteroatoms. The summed E-state index contributed by atoms with van der Waals surface area (Å²) in [7, 11) is 0. The number of nitrogens with zero attached hydrogens (tertiary/aromatic N) is 1. The summed E-state index contributed by atoms with van der Waals surface area (Å²) in [6.07, 6.45) is 3.60. The van der Waals surface area contributed by atoms with Crippen molar-refractivity contribution in [3.8, 4) is 0 Å². The molecule has 19 heavy (non-hydrogen) atoms. The molecule has 2 fully saturated rings. The van der Waals surface area contributed by atoms with Crippen LogP contribution in [0.2, 0.25) is 0 Å². The highest BCUT2D eigenvalue weighted by molar-refractivity contribution is 6.07. The first-order valence-corrected chi connectivity index (χ1v) is 7.12. The highest BCUT2D eigenvalue weighted by Crippen LogP contribution is 2.37. The van der Waals surface area contributed by atoms with Crippen LogP contribution >= 0.6 is 0 Å². The topological polar surface area (TPSA) is 66.5 Å². The number of nitrogens with one attached hydrogen (secondary N) is 1. The van der Waals surface area contributed by atoms with Crippen molar-refractivity contribution in [1.82, 2.24) is 10.2 Å². The van der Waals surface area contributed by atoms with Gasteiger partial charge in [-0.1, -0.05) is 26.7 Å². The Morgan fingerprint density at radius 3 is 2.21 bits per heavy atom. The van der Waals surface area contributed by atoms with Gasteiger partial charge in [0, 0.05) is 6.54 Å². The average Bonchev–Trinajstić information content (AvgIpc) is 2.62. The second-order valence-electron chi connectivity index (χ2n) is 5.96. The summed E-state index contributed by atoms with van der Waals surface area (Å²) in [4.78, 5) is 37.2. The third-order valence-electron chi connectivity index (χ3n) is 3.94. The number of likely N-dealkylation sites (tertiary alicyclic amines) is 1. The summed E-state index contributed by atoms with van der Waals surface area (Å²) in [6, 6.07) is 0. The van der Waals surface area contributed by atoms with Crippen LogP contribution in [0.5, 0.6) is 0 Å². The number of amides is 3. The van der Waals surface area contributed by atoms with Gasteiger partial charge < -0.3 is 5.32 Å². The second kappa shape index (κ2) is 5.72. The normalized spacial score (nSPS) is 26.8. The standard InChI is InChI=1S/C14H22N2O3/c1-9(2)7-15-12(17)8-16-13(18)10-5-3-4-6-11(10)14(16)19/h9-11H,3-8H2,1-2H3,(H,15,17)/t10-,11-/m1/s1. The number of imide groups is 1. The maximum atomic E-state index is 12.1. The summed E-state index contributed by atoms with van der Waals surface area (Å²) >= 11 is 0. The van der Waals surface area contributed by atoms with Gasteiger partial charge in [0.1, 0.15) is 6.54 Å². The number of carbonyl (C=O) groups excluding carboxylic acids is 3. The summed E-state index contributed by atoms with van der Waals surface area (Å²) in [5.41, 5.74) is 0. The molecule has 2 rings (SSSR count). The van der Waals surface area contributed by atoms with Gasteiger partial charge in [-0.3, -0.25) is 19.3 Å². The number of rotatable bonds is 4. The third kappa shape index (κ3) is 2.96. The summed E-state index contributed by atoms with van der Waals surface area (Å²) in [6.45, 7) is 4.46. The monoisotopic (exact) mass is 266 g/mol. The minimum atomic E-state index is -0.242. The maximum Gasteiger partial charge on any atom is 0.240 e. The van der Waals surface area contributed by atoms with Gasteiger partial charge >= 0.3 is 0 Å². The lowest BCUT2D eigenvalue weighted by Crippen LogP contribution is -2.41. The molecule has 0 aromatic carbocycles. The predicted octanol–water partition coefficient (Wildman–Crippen LogP) is 0.934. The van der Waals surface area contributed by atoms with Crippen molar-refractivity contribution in [2.24, 2.45) is 17.8 Å². The molecule has 1 aliphatic heterocycles. The Hall–Kier alpha value is -1.39. The molecule has 1 aliphatic carbocycles.